The summed E-state index contributed by atoms with van der Waals surface area (Å²) in [5, 5.41) is 3.01. The van der Waals surface area contributed by atoms with Crippen LogP contribution in [0.1, 0.15) is 49.8 Å². The Morgan fingerprint density at radius 3 is 2.21 bits per heavy atom. The van der Waals surface area contributed by atoms with Gasteiger partial charge in [0.05, 0.1) is 15.7 Å². The number of hydrogen-bond acceptors (Lipinski definition) is 4. The summed E-state index contributed by atoms with van der Waals surface area (Å²) in [6.45, 7) is 0. The van der Waals surface area contributed by atoms with Crippen molar-refractivity contribution < 1.29 is 18.8 Å². The van der Waals surface area contributed by atoms with Crippen LogP contribution in [0.4, 0.5) is 10.5 Å². The Morgan fingerprint density at radius 2 is 1.54 bits per heavy atom. The van der Waals surface area contributed by atoms with Gasteiger partial charge in [-0.05, 0) is 110 Å². The Kier molecular flexibility index (Phi) is 5.76. The van der Waals surface area contributed by atoms with Gasteiger partial charge in [0.15, 0.2) is 0 Å². The Morgan fingerprint density at radius 1 is 0.872 bits per heavy atom. The van der Waals surface area contributed by atoms with E-state index in [9.17, 15) is 14.4 Å². The molecule has 0 spiro atoms. The van der Waals surface area contributed by atoms with Gasteiger partial charge in [-0.25, -0.2) is 9.69 Å². The van der Waals surface area contributed by atoms with Gasteiger partial charge in [0.1, 0.15) is 17.1 Å². The van der Waals surface area contributed by atoms with E-state index in [2.05, 4.69) is 17.4 Å². The predicted molar refractivity (Wildman–Crippen MR) is 149 cm³/mol. The zero-order chi connectivity index (χ0) is 26.9. The maximum Gasteiger partial charge on any atom is 0.335 e. The molecule has 4 aliphatic carbocycles. The summed E-state index contributed by atoms with van der Waals surface area (Å²) in [5.41, 5.74) is 2.33. The predicted octanol–water partition coefficient (Wildman–Crippen LogP) is 7.39. The van der Waals surface area contributed by atoms with Gasteiger partial charge in [0.25, 0.3) is 11.8 Å². The summed E-state index contributed by atoms with van der Waals surface area (Å²) < 4.78 is 5.85. The molecule has 39 heavy (non-hydrogen) atoms. The van der Waals surface area contributed by atoms with Crippen molar-refractivity contribution in [3.05, 3.63) is 81.5 Å². The Hall–Kier alpha value is -3.35. The fourth-order valence-electron chi connectivity index (χ4n) is 7.73. The maximum atomic E-state index is 13.4. The van der Waals surface area contributed by atoms with Crippen LogP contribution in [-0.4, -0.2) is 17.8 Å². The van der Waals surface area contributed by atoms with Crippen LogP contribution in [-0.2, 0) is 15.0 Å². The number of urea groups is 1. The van der Waals surface area contributed by atoms with Crippen molar-refractivity contribution in [3.63, 3.8) is 0 Å². The Labute approximate surface area is 236 Å². The molecule has 0 atom stereocenters. The second-order valence-electron chi connectivity index (χ2n) is 11.5. The molecule has 2 aromatic carbocycles. The second kappa shape index (κ2) is 9.10. The maximum absolute atomic E-state index is 13.4. The molecule has 4 saturated carbocycles. The molecule has 0 radical (unpaired) electrons. The van der Waals surface area contributed by atoms with Gasteiger partial charge >= 0.3 is 6.03 Å². The van der Waals surface area contributed by atoms with E-state index in [0.717, 1.165) is 22.7 Å². The molecule has 198 valence electrons. The number of barbiturate groups is 1. The summed E-state index contributed by atoms with van der Waals surface area (Å²) >= 11 is 12.4. The van der Waals surface area contributed by atoms with Crippen LogP contribution < -0.4 is 10.2 Å². The topological polar surface area (TPSA) is 79.6 Å². The summed E-state index contributed by atoms with van der Waals surface area (Å²) in [7, 11) is 0. The van der Waals surface area contributed by atoms with Gasteiger partial charge in [0.2, 0.25) is 0 Å². The molecule has 1 aromatic heterocycles. The normalized spacial score (nSPS) is 28.9. The quantitative estimate of drug-likeness (QED) is 0.266. The van der Waals surface area contributed by atoms with E-state index in [1.165, 1.54) is 50.2 Å². The number of benzene rings is 2. The van der Waals surface area contributed by atoms with E-state index in [1.54, 1.807) is 30.3 Å². The van der Waals surface area contributed by atoms with Gasteiger partial charge in [-0.1, -0.05) is 41.4 Å². The average Bonchev–Trinajstić information content (AvgIpc) is 3.36. The molecule has 2 heterocycles. The second-order valence-corrected chi connectivity index (χ2v) is 12.3. The lowest BCUT2D eigenvalue weighted by Crippen LogP contribution is -2.54. The molecule has 8 heteroatoms. The van der Waals surface area contributed by atoms with Crippen molar-refractivity contribution in [2.24, 2.45) is 17.8 Å². The van der Waals surface area contributed by atoms with Gasteiger partial charge in [-0.2, -0.15) is 0 Å². The van der Waals surface area contributed by atoms with E-state index >= 15 is 0 Å². The molecule has 5 fully saturated rings. The van der Waals surface area contributed by atoms with Gasteiger partial charge in [0, 0.05) is 5.56 Å². The zero-order valence-corrected chi connectivity index (χ0v) is 22.6. The monoisotopic (exact) mass is 560 g/mol. The van der Waals surface area contributed by atoms with E-state index in [-0.39, 0.29) is 16.7 Å². The van der Waals surface area contributed by atoms with Crippen molar-refractivity contribution in [2.45, 2.75) is 43.9 Å². The third-order valence-electron chi connectivity index (χ3n) is 9.01. The van der Waals surface area contributed by atoms with Crippen molar-refractivity contribution >= 4 is 52.8 Å². The largest absolute Gasteiger partial charge is 0.457 e. The standard InChI is InChI=1S/C31H26Cl2N2O4/c32-25-3-1-2-23(27(25)33)26-9-8-22(39-26)13-24-28(36)34-30(38)35(29(24)37)21-6-4-20(5-7-21)31-14-17-10-18(15-31)12-19(11-17)16-31/h1-9,13,17-19H,10-12,14-16H2,(H,34,36,38)/b24-13-. The molecule has 1 saturated heterocycles. The lowest BCUT2D eigenvalue weighted by atomic mass is 9.48. The third kappa shape index (κ3) is 4.12. The van der Waals surface area contributed by atoms with Gasteiger partial charge in [-0.15, -0.1) is 0 Å². The SMILES string of the molecule is O=C1NC(=O)N(c2ccc(C34CC5CC(CC(C5)C3)C4)cc2)C(=O)/C1=C\c1ccc(-c2cccc(Cl)c2Cl)o1. The highest BCUT2D eigenvalue weighted by Crippen LogP contribution is 2.60. The van der Waals surface area contributed by atoms with E-state index < -0.39 is 17.8 Å². The third-order valence-corrected chi connectivity index (χ3v) is 9.83. The van der Waals surface area contributed by atoms with Crippen molar-refractivity contribution in [1.29, 1.82) is 0 Å². The molecule has 5 aliphatic rings. The zero-order valence-electron chi connectivity index (χ0n) is 21.1. The first-order valence-corrected chi connectivity index (χ1v) is 14.1. The van der Waals surface area contributed by atoms with Crippen LogP contribution in [0.2, 0.25) is 10.0 Å². The minimum atomic E-state index is -0.773. The summed E-state index contributed by atoms with van der Waals surface area (Å²) in [6.07, 6.45) is 9.13. The molecular formula is C31H26Cl2N2O4. The molecule has 0 unspecified atom stereocenters. The Bertz CT molecular complexity index is 1520. The van der Waals surface area contributed by atoms with Crippen LogP contribution in [0, 0.1) is 17.8 Å². The highest BCUT2D eigenvalue weighted by molar-refractivity contribution is 6.43. The number of imide groups is 2. The summed E-state index contributed by atoms with van der Waals surface area (Å²) in [6, 6.07) is 15.5. The number of furan rings is 1. The number of nitrogens with zero attached hydrogens (tertiary/aromatic N) is 1. The van der Waals surface area contributed by atoms with Gasteiger partial charge < -0.3 is 4.42 Å². The van der Waals surface area contributed by atoms with E-state index in [4.69, 9.17) is 27.6 Å². The minimum Gasteiger partial charge on any atom is -0.457 e. The molecule has 3 aromatic rings. The average molecular weight is 561 g/mol. The molecule has 8 rings (SSSR count). The number of hydrogen-bond donors (Lipinski definition) is 1. The number of anilines is 1. The fourth-order valence-corrected chi connectivity index (χ4v) is 8.13. The summed E-state index contributed by atoms with van der Waals surface area (Å²) in [5.74, 6) is 1.69. The molecule has 4 bridgehead atoms. The van der Waals surface area contributed by atoms with Crippen LogP contribution >= 0.6 is 23.2 Å². The number of rotatable bonds is 4. The van der Waals surface area contributed by atoms with Gasteiger partial charge in [-0.3, -0.25) is 14.9 Å². The van der Waals surface area contributed by atoms with Crippen LogP contribution in [0.25, 0.3) is 17.4 Å². The number of carbonyl (C=O) groups excluding carboxylic acids is 3. The Balaban J connectivity index is 1.16. The van der Waals surface area contributed by atoms with Crippen LogP contribution in [0.3, 0.4) is 0 Å². The molecule has 1 N–H and O–H groups in total. The first-order valence-electron chi connectivity index (χ1n) is 13.4. The molecule has 1 aliphatic heterocycles. The fraction of sp³-hybridized carbons (Fsp3) is 0.323. The first kappa shape index (κ1) is 24.7. The van der Waals surface area contributed by atoms with Crippen molar-refractivity contribution in [3.8, 4) is 11.3 Å². The number of nitrogens with one attached hydrogen (secondary N) is 1. The first-order chi connectivity index (χ1) is 18.8. The van der Waals surface area contributed by atoms with E-state index in [0.29, 0.717) is 27.1 Å². The van der Waals surface area contributed by atoms with Crippen molar-refractivity contribution in [1.82, 2.24) is 5.32 Å². The highest BCUT2D eigenvalue weighted by Gasteiger charge is 2.51. The summed E-state index contributed by atoms with van der Waals surface area (Å²) in [4.78, 5) is 39.9. The smallest absolute Gasteiger partial charge is 0.335 e. The lowest BCUT2D eigenvalue weighted by molar-refractivity contribution is -0.122. The highest BCUT2D eigenvalue weighted by atomic mass is 35.5. The number of carbonyl (C=O) groups is 3. The van der Waals surface area contributed by atoms with Crippen LogP contribution in [0.5, 0.6) is 0 Å². The minimum absolute atomic E-state index is 0.196. The molecular weight excluding hydrogens is 535 g/mol. The molecule has 4 amide bonds. The molecule has 6 nitrogen and oxygen atoms in total. The number of amides is 4. The van der Waals surface area contributed by atoms with Crippen LogP contribution in [0.15, 0.2) is 64.6 Å². The van der Waals surface area contributed by atoms with Crippen molar-refractivity contribution in [2.75, 3.05) is 4.90 Å². The number of halogens is 2. The van der Waals surface area contributed by atoms with E-state index in [1.807, 2.05) is 12.1 Å². The lowest BCUT2D eigenvalue weighted by Gasteiger charge is -2.57.